The Bertz CT molecular complexity index is 866. The van der Waals surface area contributed by atoms with E-state index in [4.69, 9.17) is 11.6 Å². The Kier molecular flexibility index (Phi) is 5.26. The Labute approximate surface area is 151 Å². The van der Waals surface area contributed by atoms with Crippen LogP contribution in [-0.4, -0.2) is 15.9 Å². The Morgan fingerprint density at radius 3 is 2.48 bits per heavy atom. The van der Waals surface area contributed by atoms with Crippen molar-refractivity contribution in [2.75, 3.05) is 10.6 Å². The van der Waals surface area contributed by atoms with E-state index >= 15 is 0 Å². The topological polar surface area (TPSA) is 66.9 Å². The van der Waals surface area contributed by atoms with Crippen molar-refractivity contribution < 1.29 is 4.79 Å². The molecule has 0 radical (unpaired) electrons. The number of aryl methyl sites for hydroxylation is 1. The molecule has 2 aromatic carbocycles. The van der Waals surface area contributed by atoms with E-state index in [0.29, 0.717) is 28.8 Å². The molecule has 6 heteroatoms. The SMILES string of the molecule is Cc1cc(Cl)ccc1NC(=O)c1cnc(NCc2ccccc2)nc1. The molecule has 0 unspecified atom stereocenters. The van der Waals surface area contributed by atoms with E-state index in [1.54, 1.807) is 18.2 Å². The van der Waals surface area contributed by atoms with E-state index in [-0.39, 0.29) is 5.91 Å². The second-order valence-electron chi connectivity index (χ2n) is 5.55. The molecule has 3 rings (SSSR count). The standard InChI is InChI=1S/C19H17ClN4O/c1-13-9-16(20)7-8-17(13)24-18(25)15-11-22-19(23-12-15)21-10-14-5-3-2-4-6-14/h2-9,11-12H,10H2,1H3,(H,24,25)(H,21,22,23). The molecule has 2 N–H and O–H groups in total. The lowest BCUT2D eigenvalue weighted by molar-refractivity contribution is 0.102. The summed E-state index contributed by atoms with van der Waals surface area (Å²) in [5, 5.41) is 6.59. The lowest BCUT2D eigenvalue weighted by Gasteiger charge is -2.09. The third-order valence-electron chi connectivity index (χ3n) is 3.64. The highest BCUT2D eigenvalue weighted by molar-refractivity contribution is 6.30. The summed E-state index contributed by atoms with van der Waals surface area (Å²) >= 11 is 5.92. The maximum absolute atomic E-state index is 12.3. The third kappa shape index (κ3) is 4.55. The van der Waals surface area contributed by atoms with Crippen molar-refractivity contribution in [2.45, 2.75) is 13.5 Å². The quantitative estimate of drug-likeness (QED) is 0.718. The summed E-state index contributed by atoms with van der Waals surface area (Å²) in [6.07, 6.45) is 3.00. The van der Waals surface area contributed by atoms with Crippen molar-refractivity contribution in [3.05, 3.63) is 82.6 Å². The van der Waals surface area contributed by atoms with Crippen molar-refractivity contribution in [1.29, 1.82) is 0 Å². The minimum Gasteiger partial charge on any atom is -0.350 e. The van der Waals surface area contributed by atoms with Gasteiger partial charge in [-0.05, 0) is 36.2 Å². The van der Waals surface area contributed by atoms with Crippen molar-refractivity contribution in [3.8, 4) is 0 Å². The van der Waals surface area contributed by atoms with Gasteiger partial charge in [0.25, 0.3) is 5.91 Å². The minimum absolute atomic E-state index is 0.264. The fraction of sp³-hybridized carbons (Fsp3) is 0.105. The van der Waals surface area contributed by atoms with Crippen LogP contribution in [0.5, 0.6) is 0 Å². The lowest BCUT2D eigenvalue weighted by Crippen LogP contribution is -2.14. The van der Waals surface area contributed by atoms with Gasteiger partial charge in [-0.15, -0.1) is 0 Å². The largest absolute Gasteiger partial charge is 0.350 e. The molecule has 0 spiro atoms. The number of anilines is 2. The van der Waals surface area contributed by atoms with E-state index in [9.17, 15) is 4.79 Å². The predicted octanol–water partition coefficient (Wildman–Crippen LogP) is 4.30. The van der Waals surface area contributed by atoms with Crippen LogP contribution < -0.4 is 10.6 Å². The number of hydrogen-bond donors (Lipinski definition) is 2. The number of rotatable bonds is 5. The van der Waals surface area contributed by atoms with E-state index in [2.05, 4.69) is 20.6 Å². The van der Waals surface area contributed by atoms with Crippen LogP contribution in [0, 0.1) is 6.92 Å². The predicted molar refractivity (Wildman–Crippen MR) is 99.9 cm³/mol. The molecule has 3 aromatic rings. The highest BCUT2D eigenvalue weighted by Crippen LogP contribution is 2.20. The zero-order valence-electron chi connectivity index (χ0n) is 13.7. The van der Waals surface area contributed by atoms with Gasteiger partial charge in [0.2, 0.25) is 5.95 Å². The summed E-state index contributed by atoms with van der Waals surface area (Å²) in [6.45, 7) is 2.50. The van der Waals surface area contributed by atoms with Gasteiger partial charge in [-0.25, -0.2) is 9.97 Å². The number of nitrogens with zero attached hydrogens (tertiary/aromatic N) is 2. The summed E-state index contributed by atoms with van der Waals surface area (Å²) < 4.78 is 0. The molecule has 5 nitrogen and oxygen atoms in total. The number of benzene rings is 2. The molecular formula is C19H17ClN4O. The average Bonchev–Trinajstić information content (AvgIpc) is 2.63. The second kappa shape index (κ2) is 7.77. The molecule has 1 heterocycles. The number of aromatic nitrogens is 2. The average molecular weight is 353 g/mol. The van der Waals surface area contributed by atoms with E-state index < -0.39 is 0 Å². The molecule has 0 fully saturated rings. The van der Waals surface area contributed by atoms with Crippen LogP contribution in [0.15, 0.2) is 60.9 Å². The molecule has 0 atom stereocenters. The molecule has 0 saturated carbocycles. The molecule has 0 saturated heterocycles. The fourth-order valence-electron chi connectivity index (χ4n) is 2.28. The van der Waals surface area contributed by atoms with Gasteiger partial charge in [-0.3, -0.25) is 4.79 Å². The number of nitrogens with one attached hydrogen (secondary N) is 2. The molecule has 1 amide bonds. The monoisotopic (exact) mass is 352 g/mol. The van der Waals surface area contributed by atoms with Crippen molar-refractivity contribution >= 4 is 29.1 Å². The van der Waals surface area contributed by atoms with E-state index in [1.165, 1.54) is 12.4 Å². The summed E-state index contributed by atoms with van der Waals surface area (Å²) in [5.41, 5.74) is 3.12. The van der Waals surface area contributed by atoms with Crippen LogP contribution in [0.1, 0.15) is 21.5 Å². The van der Waals surface area contributed by atoms with Crippen LogP contribution in [-0.2, 0) is 6.54 Å². The highest BCUT2D eigenvalue weighted by atomic mass is 35.5. The Morgan fingerprint density at radius 1 is 1.08 bits per heavy atom. The smallest absolute Gasteiger partial charge is 0.258 e. The number of hydrogen-bond acceptors (Lipinski definition) is 4. The molecule has 0 bridgehead atoms. The molecular weight excluding hydrogens is 336 g/mol. The van der Waals surface area contributed by atoms with Crippen LogP contribution in [0.3, 0.4) is 0 Å². The van der Waals surface area contributed by atoms with Gasteiger partial charge in [-0.1, -0.05) is 41.9 Å². The Balaban J connectivity index is 1.62. The number of carbonyl (C=O) groups excluding carboxylic acids is 1. The summed E-state index contributed by atoms with van der Waals surface area (Å²) in [5.74, 6) is 0.211. The van der Waals surface area contributed by atoms with Gasteiger partial charge in [-0.2, -0.15) is 0 Å². The van der Waals surface area contributed by atoms with E-state index in [1.807, 2.05) is 37.3 Å². The molecule has 1 aromatic heterocycles. The molecule has 25 heavy (non-hydrogen) atoms. The molecule has 0 aliphatic heterocycles. The first-order valence-electron chi connectivity index (χ1n) is 7.79. The zero-order valence-corrected chi connectivity index (χ0v) is 14.4. The summed E-state index contributed by atoms with van der Waals surface area (Å²) in [6, 6.07) is 15.3. The van der Waals surface area contributed by atoms with Gasteiger partial charge in [0.1, 0.15) is 0 Å². The number of halogens is 1. The normalized spacial score (nSPS) is 10.3. The summed E-state index contributed by atoms with van der Waals surface area (Å²) in [7, 11) is 0. The first-order chi connectivity index (χ1) is 12.1. The fourth-order valence-corrected chi connectivity index (χ4v) is 2.50. The van der Waals surface area contributed by atoms with Crippen LogP contribution in [0.25, 0.3) is 0 Å². The molecule has 0 aliphatic carbocycles. The van der Waals surface area contributed by atoms with Gasteiger partial charge in [0, 0.05) is 29.6 Å². The number of carbonyl (C=O) groups is 1. The maximum Gasteiger partial charge on any atom is 0.258 e. The van der Waals surface area contributed by atoms with Crippen molar-refractivity contribution in [3.63, 3.8) is 0 Å². The maximum atomic E-state index is 12.3. The van der Waals surface area contributed by atoms with Crippen LogP contribution in [0.4, 0.5) is 11.6 Å². The Hall–Kier alpha value is -2.92. The molecule has 126 valence electrons. The van der Waals surface area contributed by atoms with Gasteiger partial charge >= 0.3 is 0 Å². The van der Waals surface area contributed by atoms with E-state index in [0.717, 1.165) is 11.1 Å². The first kappa shape index (κ1) is 16.9. The lowest BCUT2D eigenvalue weighted by atomic mass is 10.2. The van der Waals surface area contributed by atoms with Crippen molar-refractivity contribution in [2.24, 2.45) is 0 Å². The number of amides is 1. The zero-order chi connectivity index (χ0) is 17.6. The summed E-state index contributed by atoms with van der Waals surface area (Å²) in [4.78, 5) is 20.7. The second-order valence-corrected chi connectivity index (χ2v) is 5.98. The van der Waals surface area contributed by atoms with Gasteiger partial charge < -0.3 is 10.6 Å². The van der Waals surface area contributed by atoms with Crippen molar-refractivity contribution in [1.82, 2.24) is 9.97 Å². The third-order valence-corrected chi connectivity index (χ3v) is 3.88. The van der Waals surface area contributed by atoms with Crippen LogP contribution >= 0.6 is 11.6 Å². The van der Waals surface area contributed by atoms with Gasteiger partial charge in [0.05, 0.1) is 5.56 Å². The first-order valence-corrected chi connectivity index (χ1v) is 8.17. The highest BCUT2D eigenvalue weighted by Gasteiger charge is 2.09. The minimum atomic E-state index is -0.264. The molecule has 0 aliphatic rings. The Morgan fingerprint density at radius 2 is 1.80 bits per heavy atom. The van der Waals surface area contributed by atoms with Crippen LogP contribution in [0.2, 0.25) is 5.02 Å². The van der Waals surface area contributed by atoms with Gasteiger partial charge in [0.15, 0.2) is 0 Å².